The average molecular weight is 326 g/mol. The van der Waals surface area contributed by atoms with Crippen LogP contribution in [0, 0.1) is 20.8 Å². The van der Waals surface area contributed by atoms with Gasteiger partial charge in [-0.1, -0.05) is 35.9 Å². The Kier molecular flexibility index (Phi) is 5.58. The molecule has 0 aliphatic rings. The summed E-state index contributed by atoms with van der Waals surface area (Å²) >= 11 is 0. The number of para-hydroxylation sites is 1. The molecule has 0 aromatic heterocycles. The molecule has 0 aliphatic carbocycles. The van der Waals surface area contributed by atoms with Gasteiger partial charge in [0.25, 0.3) is 11.8 Å². The molecule has 0 fully saturated rings. The van der Waals surface area contributed by atoms with Gasteiger partial charge in [0.05, 0.1) is 0 Å². The maximum atomic E-state index is 12.1. The first-order valence-electron chi connectivity index (χ1n) is 7.78. The first kappa shape index (κ1) is 17.5. The Hall–Kier alpha value is -2.82. The summed E-state index contributed by atoms with van der Waals surface area (Å²) in [6.45, 7) is 7.38. The predicted molar refractivity (Wildman–Crippen MR) is 92.8 cm³/mol. The summed E-state index contributed by atoms with van der Waals surface area (Å²) in [5.74, 6) is -0.102. The fourth-order valence-electron chi connectivity index (χ4n) is 2.29. The number of rotatable bonds is 4. The number of nitrogens with one attached hydrogen (secondary N) is 2. The van der Waals surface area contributed by atoms with Crippen LogP contribution < -0.4 is 15.6 Å². The molecule has 0 aliphatic heterocycles. The molecule has 1 atom stereocenters. The largest absolute Gasteiger partial charge is 0.480 e. The Morgan fingerprint density at radius 2 is 1.58 bits per heavy atom. The SMILES string of the molecule is Cc1cccc(C(=O)NNC(=O)C(C)Oc2c(C)cccc2C)c1. The molecule has 2 aromatic rings. The zero-order valence-electron chi connectivity index (χ0n) is 14.3. The average Bonchev–Trinajstić information content (AvgIpc) is 2.55. The van der Waals surface area contributed by atoms with Crippen LogP contribution in [-0.2, 0) is 4.79 Å². The van der Waals surface area contributed by atoms with Crippen LogP contribution in [-0.4, -0.2) is 17.9 Å². The van der Waals surface area contributed by atoms with Crippen LogP contribution in [0.25, 0.3) is 0 Å². The Morgan fingerprint density at radius 1 is 0.958 bits per heavy atom. The highest BCUT2D eigenvalue weighted by molar-refractivity contribution is 5.95. The van der Waals surface area contributed by atoms with Gasteiger partial charge in [-0.25, -0.2) is 0 Å². The summed E-state index contributed by atoms with van der Waals surface area (Å²) in [6.07, 6.45) is -0.734. The molecule has 2 amide bonds. The molecule has 24 heavy (non-hydrogen) atoms. The minimum Gasteiger partial charge on any atom is -0.480 e. The summed E-state index contributed by atoms with van der Waals surface area (Å²) in [4.78, 5) is 24.1. The van der Waals surface area contributed by atoms with Crippen LogP contribution in [0.15, 0.2) is 42.5 Å². The van der Waals surface area contributed by atoms with E-state index in [9.17, 15) is 9.59 Å². The van der Waals surface area contributed by atoms with Crippen molar-refractivity contribution in [3.05, 3.63) is 64.7 Å². The molecule has 5 heteroatoms. The number of benzene rings is 2. The predicted octanol–water partition coefficient (Wildman–Crippen LogP) is 2.84. The lowest BCUT2D eigenvalue weighted by Crippen LogP contribution is -2.47. The molecule has 126 valence electrons. The number of hydrogen-bond acceptors (Lipinski definition) is 3. The number of aryl methyl sites for hydroxylation is 3. The van der Waals surface area contributed by atoms with Crippen LogP contribution in [0.3, 0.4) is 0 Å². The maximum Gasteiger partial charge on any atom is 0.279 e. The number of ether oxygens (including phenoxy) is 1. The van der Waals surface area contributed by atoms with Crippen LogP contribution in [0.4, 0.5) is 0 Å². The summed E-state index contributed by atoms with van der Waals surface area (Å²) in [6, 6.07) is 12.9. The fraction of sp³-hybridized carbons (Fsp3) is 0.263. The lowest BCUT2D eigenvalue weighted by molar-refractivity contribution is -0.128. The number of hydrazine groups is 1. The highest BCUT2D eigenvalue weighted by Gasteiger charge is 2.17. The van der Waals surface area contributed by atoms with Gasteiger partial charge in [-0.05, 0) is 51.0 Å². The molecule has 0 saturated heterocycles. The lowest BCUT2D eigenvalue weighted by atomic mass is 10.1. The third-order valence-corrected chi connectivity index (χ3v) is 3.65. The summed E-state index contributed by atoms with van der Waals surface area (Å²) in [5.41, 5.74) is 8.17. The molecular weight excluding hydrogens is 304 g/mol. The van der Waals surface area contributed by atoms with E-state index in [1.165, 1.54) is 0 Å². The van der Waals surface area contributed by atoms with E-state index in [2.05, 4.69) is 10.9 Å². The first-order chi connectivity index (χ1) is 11.4. The van der Waals surface area contributed by atoms with Gasteiger partial charge in [0.15, 0.2) is 6.10 Å². The Bertz CT molecular complexity index is 736. The summed E-state index contributed by atoms with van der Waals surface area (Å²) in [7, 11) is 0. The van der Waals surface area contributed by atoms with Gasteiger partial charge in [-0.3, -0.25) is 20.4 Å². The van der Waals surface area contributed by atoms with Crippen LogP contribution in [0.1, 0.15) is 34.0 Å². The smallest absolute Gasteiger partial charge is 0.279 e. The van der Waals surface area contributed by atoms with E-state index >= 15 is 0 Å². The van der Waals surface area contributed by atoms with E-state index in [4.69, 9.17) is 4.74 Å². The Morgan fingerprint density at radius 3 is 2.21 bits per heavy atom. The van der Waals surface area contributed by atoms with E-state index in [0.717, 1.165) is 16.7 Å². The number of hydrogen-bond donors (Lipinski definition) is 2. The first-order valence-corrected chi connectivity index (χ1v) is 7.78. The quantitative estimate of drug-likeness (QED) is 0.849. The van der Waals surface area contributed by atoms with Crippen molar-refractivity contribution in [3.63, 3.8) is 0 Å². The van der Waals surface area contributed by atoms with Crippen molar-refractivity contribution in [1.29, 1.82) is 0 Å². The number of amides is 2. The highest BCUT2D eigenvalue weighted by Crippen LogP contribution is 2.23. The van der Waals surface area contributed by atoms with Crippen molar-refractivity contribution < 1.29 is 14.3 Å². The molecule has 2 N–H and O–H groups in total. The molecule has 0 saturated carbocycles. The van der Waals surface area contributed by atoms with E-state index in [0.29, 0.717) is 11.3 Å². The second-order valence-electron chi connectivity index (χ2n) is 5.79. The van der Waals surface area contributed by atoms with Crippen molar-refractivity contribution in [2.75, 3.05) is 0 Å². The topological polar surface area (TPSA) is 67.4 Å². The van der Waals surface area contributed by atoms with Gasteiger partial charge < -0.3 is 4.74 Å². The minimum absolute atomic E-state index is 0.369. The molecule has 0 radical (unpaired) electrons. The van der Waals surface area contributed by atoms with Crippen molar-refractivity contribution in [2.24, 2.45) is 0 Å². The van der Waals surface area contributed by atoms with E-state index in [-0.39, 0.29) is 5.91 Å². The summed E-state index contributed by atoms with van der Waals surface area (Å²) < 4.78 is 5.73. The zero-order chi connectivity index (χ0) is 17.7. The monoisotopic (exact) mass is 326 g/mol. The number of carbonyl (C=O) groups excluding carboxylic acids is 2. The molecular formula is C19H22N2O3. The normalized spacial score (nSPS) is 11.5. The molecule has 1 unspecified atom stereocenters. The fourth-order valence-corrected chi connectivity index (χ4v) is 2.29. The van der Waals surface area contributed by atoms with Gasteiger partial charge in [0.1, 0.15) is 5.75 Å². The molecule has 0 heterocycles. The van der Waals surface area contributed by atoms with Crippen LogP contribution >= 0.6 is 0 Å². The minimum atomic E-state index is -0.734. The van der Waals surface area contributed by atoms with Gasteiger partial charge in [0, 0.05) is 5.56 Å². The van der Waals surface area contributed by atoms with Crippen LogP contribution in [0.5, 0.6) is 5.75 Å². The third-order valence-electron chi connectivity index (χ3n) is 3.65. The van der Waals surface area contributed by atoms with Gasteiger partial charge >= 0.3 is 0 Å². The van der Waals surface area contributed by atoms with Crippen LogP contribution in [0.2, 0.25) is 0 Å². The molecule has 5 nitrogen and oxygen atoms in total. The maximum absolute atomic E-state index is 12.1. The molecule has 0 bridgehead atoms. The van der Waals surface area contributed by atoms with Gasteiger partial charge in [-0.15, -0.1) is 0 Å². The van der Waals surface area contributed by atoms with Gasteiger partial charge in [0.2, 0.25) is 0 Å². The lowest BCUT2D eigenvalue weighted by Gasteiger charge is -2.18. The van der Waals surface area contributed by atoms with Crippen molar-refractivity contribution in [3.8, 4) is 5.75 Å². The van der Waals surface area contributed by atoms with Crippen molar-refractivity contribution in [1.82, 2.24) is 10.9 Å². The summed E-state index contributed by atoms with van der Waals surface area (Å²) in [5, 5.41) is 0. The second kappa shape index (κ2) is 7.64. The van der Waals surface area contributed by atoms with E-state index in [1.54, 1.807) is 25.1 Å². The van der Waals surface area contributed by atoms with E-state index < -0.39 is 12.0 Å². The van der Waals surface area contributed by atoms with Crippen molar-refractivity contribution >= 4 is 11.8 Å². The van der Waals surface area contributed by atoms with Crippen molar-refractivity contribution in [2.45, 2.75) is 33.8 Å². The Balaban J connectivity index is 1.93. The van der Waals surface area contributed by atoms with E-state index in [1.807, 2.05) is 45.0 Å². The second-order valence-corrected chi connectivity index (χ2v) is 5.79. The molecule has 0 spiro atoms. The molecule has 2 rings (SSSR count). The Labute approximate surface area is 142 Å². The highest BCUT2D eigenvalue weighted by atomic mass is 16.5. The standard InChI is InChI=1S/C19H22N2O3/c1-12-7-5-10-16(11-12)19(23)21-20-18(22)15(4)24-17-13(2)8-6-9-14(17)3/h5-11,15H,1-4H3,(H,20,22)(H,21,23). The molecule has 2 aromatic carbocycles. The van der Waals surface area contributed by atoms with Gasteiger partial charge in [-0.2, -0.15) is 0 Å². The third kappa shape index (κ3) is 4.35. The number of carbonyl (C=O) groups is 2. The zero-order valence-corrected chi connectivity index (χ0v) is 14.3.